The number of rotatable bonds is 4. The highest BCUT2D eigenvalue weighted by Crippen LogP contribution is 2.15. The van der Waals surface area contributed by atoms with Gasteiger partial charge in [-0.25, -0.2) is 4.39 Å². The number of carbonyl (C=O) groups is 1. The van der Waals surface area contributed by atoms with Crippen molar-refractivity contribution in [3.05, 3.63) is 29.6 Å². The van der Waals surface area contributed by atoms with E-state index >= 15 is 0 Å². The molecule has 84 valence electrons. The summed E-state index contributed by atoms with van der Waals surface area (Å²) in [5.41, 5.74) is 5.72. The lowest BCUT2D eigenvalue weighted by Gasteiger charge is -2.13. The number of amides is 1. The lowest BCUT2D eigenvalue weighted by atomic mass is 10.1. The maximum atomic E-state index is 13.0. The smallest absolute Gasteiger partial charge is 0.219 e. The first-order valence-corrected chi connectivity index (χ1v) is 4.77. The monoisotopic (exact) mass is 221 g/mol. The Balaban J connectivity index is 2.77. The number of anilines is 1. The van der Waals surface area contributed by atoms with Crippen molar-refractivity contribution >= 4 is 11.6 Å². The van der Waals surface area contributed by atoms with Gasteiger partial charge in [-0.1, -0.05) is 0 Å². The van der Waals surface area contributed by atoms with Gasteiger partial charge in [0.25, 0.3) is 0 Å². The van der Waals surface area contributed by atoms with Crippen molar-refractivity contribution in [3.63, 3.8) is 0 Å². The maximum Gasteiger partial charge on any atom is 0.219 e. The first-order chi connectivity index (χ1) is 7.51. The number of nitrogens with one attached hydrogen (secondary N) is 1. The molecule has 0 aliphatic heterocycles. The number of halogens is 1. The van der Waals surface area contributed by atoms with Crippen LogP contribution in [0.5, 0.6) is 0 Å². The van der Waals surface area contributed by atoms with Crippen LogP contribution in [0.25, 0.3) is 0 Å². The van der Waals surface area contributed by atoms with Crippen LogP contribution in [0.3, 0.4) is 0 Å². The molecule has 0 radical (unpaired) electrons. The summed E-state index contributed by atoms with van der Waals surface area (Å²) in [4.78, 5) is 10.6. The zero-order valence-corrected chi connectivity index (χ0v) is 8.83. The van der Waals surface area contributed by atoms with Gasteiger partial charge in [0.15, 0.2) is 0 Å². The third-order valence-corrected chi connectivity index (χ3v) is 1.95. The molecule has 1 aromatic carbocycles. The number of hydrogen-bond donors (Lipinski definition) is 2. The number of nitrogens with zero attached hydrogens (tertiary/aromatic N) is 1. The maximum absolute atomic E-state index is 13.0. The first kappa shape index (κ1) is 12.0. The molecule has 1 atom stereocenters. The molecule has 0 saturated carbocycles. The summed E-state index contributed by atoms with van der Waals surface area (Å²) >= 11 is 0. The third kappa shape index (κ3) is 3.58. The summed E-state index contributed by atoms with van der Waals surface area (Å²) in [6.07, 6.45) is 0.151. The van der Waals surface area contributed by atoms with Crippen molar-refractivity contribution < 1.29 is 9.18 Å². The molecule has 0 fully saturated rings. The number of carbonyl (C=O) groups excluding carboxylic acids is 1. The standard InChI is InChI=1S/C11H12FN3O/c1-7(2-11(14)16)15-10-4-8(6-13)3-9(12)5-10/h3-5,7,15H,2H2,1H3,(H2,14,16). The predicted octanol–water partition coefficient (Wildman–Crippen LogP) is 1.37. The summed E-state index contributed by atoms with van der Waals surface area (Å²) in [7, 11) is 0. The van der Waals surface area contributed by atoms with Gasteiger partial charge in [-0.2, -0.15) is 5.26 Å². The number of primary amides is 1. The van der Waals surface area contributed by atoms with Gasteiger partial charge < -0.3 is 11.1 Å². The zero-order chi connectivity index (χ0) is 12.1. The third-order valence-electron chi connectivity index (χ3n) is 1.95. The van der Waals surface area contributed by atoms with Crippen molar-refractivity contribution in [2.24, 2.45) is 5.73 Å². The molecular formula is C11H12FN3O. The van der Waals surface area contributed by atoms with Crippen LogP contribution in [0, 0.1) is 17.1 Å². The molecule has 1 unspecified atom stereocenters. The van der Waals surface area contributed by atoms with Crippen molar-refractivity contribution in [1.82, 2.24) is 0 Å². The van der Waals surface area contributed by atoms with Gasteiger partial charge in [0, 0.05) is 18.2 Å². The summed E-state index contributed by atoms with van der Waals surface area (Å²) in [6, 6.07) is 5.57. The Labute approximate surface area is 92.9 Å². The van der Waals surface area contributed by atoms with Crippen molar-refractivity contribution in [3.8, 4) is 6.07 Å². The molecule has 0 saturated heterocycles. The van der Waals surface area contributed by atoms with Gasteiger partial charge in [0.05, 0.1) is 11.6 Å². The predicted molar refractivity (Wildman–Crippen MR) is 58.0 cm³/mol. The van der Waals surface area contributed by atoms with Crippen LogP contribution in [0.1, 0.15) is 18.9 Å². The minimum Gasteiger partial charge on any atom is -0.382 e. The van der Waals surface area contributed by atoms with Gasteiger partial charge >= 0.3 is 0 Å². The highest BCUT2D eigenvalue weighted by molar-refractivity contribution is 5.74. The Morgan fingerprint density at radius 3 is 2.88 bits per heavy atom. The molecule has 16 heavy (non-hydrogen) atoms. The summed E-state index contributed by atoms with van der Waals surface area (Å²) in [5.74, 6) is -0.926. The van der Waals surface area contributed by atoms with Crippen LogP contribution in [0.2, 0.25) is 0 Å². The molecule has 0 bridgehead atoms. The Kier molecular flexibility index (Phi) is 3.84. The van der Waals surface area contributed by atoms with Crippen LogP contribution in [0.4, 0.5) is 10.1 Å². The average molecular weight is 221 g/mol. The second-order valence-corrected chi connectivity index (χ2v) is 3.56. The molecule has 1 rings (SSSR count). The molecule has 0 aliphatic rings. The molecule has 0 spiro atoms. The van der Waals surface area contributed by atoms with E-state index in [0.29, 0.717) is 5.69 Å². The Bertz CT molecular complexity index is 439. The van der Waals surface area contributed by atoms with Crippen LogP contribution < -0.4 is 11.1 Å². The number of nitriles is 1. The molecule has 3 N–H and O–H groups in total. The van der Waals surface area contributed by atoms with Crippen LogP contribution >= 0.6 is 0 Å². The highest BCUT2D eigenvalue weighted by atomic mass is 19.1. The van der Waals surface area contributed by atoms with E-state index in [1.165, 1.54) is 12.1 Å². The Hall–Kier alpha value is -2.09. The largest absolute Gasteiger partial charge is 0.382 e. The quantitative estimate of drug-likeness (QED) is 0.806. The molecule has 1 amide bonds. The minimum absolute atomic E-state index is 0.151. The topological polar surface area (TPSA) is 78.9 Å². The SMILES string of the molecule is CC(CC(N)=O)Nc1cc(F)cc(C#N)c1. The van der Waals surface area contributed by atoms with Gasteiger partial charge in [0.1, 0.15) is 5.82 Å². The lowest BCUT2D eigenvalue weighted by Crippen LogP contribution is -2.24. The van der Waals surface area contributed by atoms with E-state index in [0.717, 1.165) is 6.07 Å². The molecular weight excluding hydrogens is 209 g/mol. The van der Waals surface area contributed by atoms with Gasteiger partial charge in [0.2, 0.25) is 5.91 Å². The van der Waals surface area contributed by atoms with Crippen molar-refractivity contribution in [2.45, 2.75) is 19.4 Å². The number of benzene rings is 1. The van der Waals surface area contributed by atoms with E-state index in [4.69, 9.17) is 11.0 Å². The van der Waals surface area contributed by atoms with Gasteiger partial charge in [-0.3, -0.25) is 4.79 Å². The lowest BCUT2D eigenvalue weighted by molar-refractivity contribution is -0.118. The Morgan fingerprint density at radius 1 is 1.62 bits per heavy atom. The van der Waals surface area contributed by atoms with E-state index in [1.807, 2.05) is 6.07 Å². The molecule has 5 heteroatoms. The molecule has 0 heterocycles. The molecule has 4 nitrogen and oxygen atoms in total. The van der Waals surface area contributed by atoms with E-state index in [1.54, 1.807) is 6.92 Å². The molecule has 0 aromatic heterocycles. The van der Waals surface area contributed by atoms with Crippen LogP contribution in [-0.2, 0) is 4.79 Å². The summed E-state index contributed by atoms with van der Waals surface area (Å²) in [6.45, 7) is 1.75. The van der Waals surface area contributed by atoms with Crippen molar-refractivity contribution in [2.75, 3.05) is 5.32 Å². The zero-order valence-electron chi connectivity index (χ0n) is 8.83. The normalized spacial score (nSPS) is 11.6. The van der Waals surface area contributed by atoms with Gasteiger partial charge in [-0.05, 0) is 25.1 Å². The average Bonchev–Trinajstić information content (AvgIpc) is 2.14. The summed E-state index contributed by atoms with van der Waals surface area (Å²) < 4.78 is 13.0. The van der Waals surface area contributed by atoms with Gasteiger partial charge in [-0.15, -0.1) is 0 Å². The fourth-order valence-electron chi connectivity index (χ4n) is 1.37. The van der Waals surface area contributed by atoms with E-state index in [-0.39, 0.29) is 18.0 Å². The van der Waals surface area contributed by atoms with Crippen LogP contribution in [-0.4, -0.2) is 11.9 Å². The second-order valence-electron chi connectivity index (χ2n) is 3.56. The first-order valence-electron chi connectivity index (χ1n) is 4.77. The van der Waals surface area contributed by atoms with E-state index < -0.39 is 11.7 Å². The molecule has 0 aliphatic carbocycles. The molecule has 1 aromatic rings. The summed E-state index contributed by atoms with van der Waals surface area (Å²) in [5, 5.41) is 11.5. The van der Waals surface area contributed by atoms with E-state index in [2.05, 4.69) is 5.32 Å². The fraction of sp³-hybridized carbons (Fsp3) is 0.273. The number of nitrogens with two attached hydrogens (primary N) is 1. The fourth-order valence-corrected chi connectivity index (χ4v) is 1.37. The minimum atomic E-state index is -0.493. The number of hydrogen-bond acceptors (Lipinski definition) is 3. The Morgan fingerprint density at radius 2 is 2.31 bits per heavy atom. The van der Waals surface area contributed by atoms with Crippen LogP contribution in [0.15, 0.2) is 18.2 Å². The van der Waals surface area contributed by atoms with E-state index in [9.17, 15) is 9.18 Å². The second kappa shape index (κ2) is 5.12. The highest BCUT2D eigenvalue weighted by Gasteiger charge is 2.07. The van der Waals surface area contributed by atoms with Crippen molar-refractivity contribution in [1.29, 1.82) is 5.26 Å².